The summed E-state index contributed by atoms with van der Waals surface area (Å²) in [6.45, 7) is 1.67. The number of carbonyl (C=O) groups is 1. The number of ether oxygens (including phenoxy) is 1. The molecule has 1 aliphatic rings. The number of rotatable bonds is 5. The largest absolute Gasteiger partial charge is 0.376 e. The zero-order valence-electron chi connectivity index (χ0n) is 11.9. The molecule has 1 aliphatic heterocycles. The van der Waals surface area contributed by atoms with Crippen molar-refractivity contribution in [1.29, 1.82) is 0 Å². The summed E-state index contributed by atoms with van der Waals surface area (Å²) in [6.07, 6.45) is 5.83. The molecule has 110 valence electrons. The van der Waals surface area contributed by atoms with Crippen LogP contribution in [-0.2, 0) is 16.1 Å². The molecule has 1 aromatic heterocycles. The van der Waals surface area contributed by atoms with E-state index in [4.69, 9.17) is 4.74 Å². The molecule has 0 spiro atoms. The molecule has 1 N–H and O–H groups in total. The summed E-state index contributed by atoms with van der Waals surface area (Å²) in [5.41, 5.74) is 1.01. The number of imidazole rings is 1. The fraction of sp³-hybridized carbons (Fsp3) is 0.375. The van der Waals surface area contributed by atoms with Crippen molar-refractivity contribution in [2.75, 3.05) is 13.2 Å². The molecule has 5 nitrogen and oxygen atoms in total. The van der Waals surface area contributed by atoms with Gasteiger partial charge in [-0.1, -0.05) is 30.3 Å². The number of carbonyl (C=O) groups excluding carboxylic acids is 1. The third-order valence-corrected chi connectivity index (χ3v) is 3.61. The van der Waals surface area contributed by atoms with Gasteiger partial charge in [0.05, 0.1) is 6.10 Å². The maximum absolute atomic E-state index is 12.0. The number of hydrogen-bond donors (Lipinski definition) is 1. The third-order valence-electron chi connectivity index (χ3n) is 3.61. The van der Waals surface area contributed by atoms with Gasteiger partial charge in [0, 0.05) is 31.1 Å². The van der Waals surface area contributed by atoms with Gasteiger partial charge >= 0.3 is 0 Å². The van der Waals surface area contributed by atoms with E-state index < -0.39 is 0 Å². The first-order valence-corrected chi connectivity index (χ1v) is 7.28. The van der Waals surface area contributed by atoms with E-state index in [1.165, 1.54) is 0 Å². The summed E-state index contributed by atoms with van der Waals surface area (Å²) in [6, 6.07) is 9.87. The minimum absolute atomic E-state index is 0.0133. The molecule has 3 rings (SSSR count). The van der Waals surface area contributed by atoms with E-state index >= 15 is 0 Å². The van der Waals surface area contributed by atoms with Crippen molar-refractivity contribution in [3.05, 3.63) is 42.7 Å². The van der Waals surface area contributed by atoms with Gasteiger partial charge in [-0.2, -0.15) is 0 Å². The van der Waals surface area contributed by atoms with Crippen LogP contribution in [0.3, 0.4) is 0 Å². The molecule has 21 heavy (non-hydrogen) atoms. The van der Waals surface area contributed by atoms with Gasteiger partial charge in [-0.3, -0.25) is 4.79 Å². The lowest BCUT2D eigenvalue weighted by atomic mass is 10.2. The van der Waals surface area contributed by atoms with E-state index in [9.17, 15) is 4.79 Å². The normalized spacial score (nSPS) is 17.8. The zero-order valence-corrected chi connectivity index (χ0v) is 11.9. The van der Waals surface area contributed by atoms with Crippen LogP contribution in [0.4, 0.5) is 0 Å². The number of benzene rings is 1. The molecule has 0 aliphatic carbocycles. The Hall–Kier alpha value is -2.14. The standard InChI is InChI=1S/C16H19N3O2/c20-15(18-11-14-7-4-10-21-14)12-19-9-8-17-16(19)13-5-2-1-3-6-13/h1-3,5-6,8-9,14H,4,7,10-12H2,(H,18,20). The van der Waals surface area contributed by atoms with Gasteiger partial charge in [-0.15, -0.1) is 0 Å². The summed E-state index contributed by atoms with van der Waals surface area (Å²) in [5, 5.41) is 2.93. The molecule has 0 radical (unpaired) electrons. The van der Waals surface area contributed by atoms with Gasteiger partial charge in [0.1, 0.15) is 12.4 Å². The van der Waals surface area contributed by atoms with Crippen LogP contribution in [0.15, 0.2) is 42.7 Å². The van der Waals surface area contributed by atoms with Gasteiger partial charge in [0.2, 0.25) is 5.91 Å². The number of nitrogens with one attached hydrogen (secondary N) is 1. The first kappa shape index (κ1) is 13.8. The number of amides is 1. The molecular formula is C16H19N3O2. The van der Waals surface area contributed by atoms with Crippen LogP contribution in [0, 0.1) is 0 Å². The van der Waals surface area contributed by atoms with Gasteiger partial charge < -0.3 is 14.6 Å². The Bertz CT molecular complexity index is 589. The summed E-state index contributed by atoms with van der Waals surface area (Å²) in [4.78, 5) is 16.4. The van der Waals surface area contributed by atoms with Crippen molar-refractivity contribution in [3.8, 4) is 11.4 Å². The number of hydrogen-bond acceptors (Lipinski definition) is 3. The van der Waals surface area contributed by atoms with Crippen LogP contribution in [-0.4, -0.2) is 34.7 Å². The molecule has 2 aromatic rings. The van der Waals surface area contributed by atoms with Crippen LogP contribution in [0.2, 0.25) is 0 Å². The molecule has 0 saturated carbocycles. The summed E-state index contributed by atoms with van der Waals surface area (Å²) >= 11 is 0. The Balaban J connectivity index is 1.60. The van der Waals surface area contributed by atoms with Gasteiger partial charge in [-0.25, -0.2) is 4.98 Å². The molecule has 1 aromatic carbocycles. The summed E-state index contributed by atoms with van der Waals surface area (Å²) in [5.74, 6) is 0.795. The Morgan fingerprint density at radius 2 is 2.24 bits per heavy atom. The SMILES string of the molecule is O=C(Cn1ccnc1-c1ccccc1)NCC1CCCO1. The molecule has 1 unspecified atom stereocenters. The molecular weight excluding hydrogens is 266 g/mol. The number of aromatic nitrogens is 2. The van der Waals surface area contributed by atoms with Gasteiger partial charge in [-0.05, 0) is 12.8 Å². The van der Waals surface area contributed by atoms with Crippen LogP contribution in [0.25, 0.3) is 11.4 Å². The second kappa shape index (κ2) is 6.54. The second-order valence-electron chi connectivity index (χ2n) is 5.18. The van der Waals surface area contributed by atoms with Crippen molar-refractivity contribution < 1.29 is 9.53 Å². The highest BCUT2D eigenvalue weighted by atomic mass is 16.5. The van der Waals surface area contributed by atoms with Crippen LogP contribution in [0.5, 0.6) is 0 Å². The van der Waals surface area contributed by atoms with Crippen molar-refractivity contribution in [2.24, 2.45) is 0 Å². The Labute approximate surface area is 124 Å². The van der Waals surface area contributed by atoms with Crippen LogP contribution >= 0.6 is 0 Å². The minimum Gasteiger partial charge on any atom is -0.376 e. The smallest absolute Gasteiger partial charge is 0.240 e. The van der Waals surface area contributed by atoms with Crippen molar-refractivity contribution in [3.63, 3.8) is 0 Å². The lowest BCUT2D eigenvalue weighted by Gasteiger charge is -2.12. The minimum atomic E-state index is -0.0133. The van der Waals surface area contributed by atoms with Crippen LogP contribution < -0.4 is 5.32 Å². The highest BCUT2D eigenvalue weighted by Gasteiger charge is 2.16. The monoisotopic (exact) mass is 285 g/mol. The Kier molecular flexibility index (Phi) is 4.31. The first-order valence-electron chi connectivity index (χ1n) is 7.28. The van der Waals surface area contributed by atoms with E-state index in [-0.39, 0.29) is 18.6 Å². The molecule has 2 heterocycles. The molecule has 5 heteroatoms. The highest BCUT2D eigenvalue weighted by Crippen LogP contribution is 2.16. The van der Waals surface area contributed by atoms with Crippen molar-refractivity contribution in [2.45, 2.75) is 25.5 Å². The van der Waals surface area contributed by atoms with E-state index in [0.29, 0.717) is 6.54 Å². The molecule has 1 amide bonds. The molecule has 1 fully saturated rings. The van der Waals surface area contributed by atoms with E-state index in [2.05, 4.69) is 10.3 Å². The lowest BCUT2D eigenvalue weighted by Crippen LogP contribution is -2.34. The average molecular weight is 285 g/mol. The predicted molar refractivity (Wildman–Crippen MR) is 79.6 cm³/mol. The quantitative estimate of drug-likeness (QED) is 0.912. The van der Waals surface area contributed by atoms with Crippen molar-refractivity contribution in [1.82, 2.24) is 14.9 Å². The fourth-order valence-corrected chi connectivity index (χ4v) is 2.53. The lowest BCUT2D eigenvalue weighted by molar-refractivity contribution is -0.122. The molecule has 1 saturated heterocycles. The first-order chi connectivity index (χ1) is 10.3. The van der Waals surface area contributed by atoms with Gasteiger partial charge in [0.25, 0.3) is 0 Å². The third kappa shape index (κ3) is 3.49. The maximum Gasteiger partial charge on any atom is 0.240 e. The average Bonchev–Trinajstić information content (AvgIpc) is 3.17. The zero-order chi connectivity index (χ0) is 14.5. The Morgan fingerprint density at radius 3 is 3.00 bits per heavy atom. The van der Waals surface area contributed by atoms with Crippen molar-refractivity contribution >= 4 is 5.91 Å². The number of nitrogens with zero attached hydrogens (tertiary/aromatic N) is 2. The van der Waals surface area contributed by atoms with E-state index in [1.54, 1.807) is 6.20 Å². The van der Waals surface area contributed by atoms with E-state index in [0.717, 1.165) is 30.8 Å². The Morgan fingerprint density at radius 1 is 1.38 bits per heavy atom. The topological polar surface area (TPSA) is 56.2 Å². The predicted octanol–water partition coefficient (Wildman–Crippen LogP) is 1.85. The van der Waals surface area contributed by atoms with Gasteiger partial charge in [0.15, 0.2) is 0 Å². The van der Waals surface area contributed by atoms with Crippen LogP contribution in [0.1, 0.15) is 12.8 Å². The van der Waals surface area contributed by atoms with E-state index in [1.807, 2.05) is 41.1 Å². The summed E-state index contributed by atoms with van der Waals surface area (Å²) < 4.78 is 7.36. The second-order valence-corrected chi connectivity index (χ2v) is 5.18. The molecule has 1 atom stereocenters. The molecule has 0 bridgehead atoms. The fourth-order valence-electron chi connectivity index (χ4n) is 2.53. The highest BCUT2D eigenvalue weighted by molar-refractivity contribution is 5.76. The maximum atomic E-state index is 12.0. The summed E-state index contributed by atoms with van der Waals surface area (Å²) in [7, 11) is 0.